The molecule has 3 aliphatic carbocycles. The van der Waals surface area contributed by atoms with Gasteiger partial charge in [-0.1, -0.05) is 74.9 Å². The minimum Gasteiger partial charge on any atom is -0.483 e. The number of unbranched alkanes of at least 4 members (excludes halogenated alkanes) is 4. The summed E-state index contributed by atoms with van der Waals surface area (Å²) in [5.74, 6) is 2.27. The Balaban J connectivity index is 1.11. The first-order valence-corrected chi connectivity index (χ1v) is 19.4. The highest BCUT2D eigenvalue weighted by atomic mass is 16.6. The number of piperidine rings is 1. The number of likely N-dealkylation sites (tertiary alicyclic amines) is 1. The summed E-state index contributed by atoms with van der Waals surface area (Å²) in [7, 11) is 0. The van der Waals surface area contributed by atoms with Crippen molar-refractivity contribution < 1.29 is 23.9 Å². The normalized spacial score (nSPS) is 27.2. The van der Waals surface area contributed by atoms with Gasteiger partial charge in [0.2, 0.25) is 5.91 Å². The van der Waals surface area contributed by atoms with Crippen LogP contribution in [-0.2, 0) is 32.6 Å². The van der Waals surface area contributed by atoms with Crippen molar-refractivity contribution in [2.75, 3.05) is 19.6 Å². The molecule has 5 aliphatic rings. The van der Waals surface area contributed by atoms with Crippen molar-refractivity contribution in [3.63, 3.8) is 0 Å². The van der Waals surface area contributed by atoms with E-state index in [1.165, 1.54) is 68.6 Å². The average molecular weight is 669 g/mol. The first-order chi connectivity index (χ1) is 23.8. The maximum Gasteiger partial charge on any atom is 0.308 e. The van der Waals surface area contributed by atoms with Gasteiger partial charge in [0, 0.05) is 36.9 Å². The standard InChI is InChI=1S/C42H56N2O5/c1-29(45)27-43-25-24-42-34-21-22-35(41(42)49-40-37(48-30(2)46)23-20-33(39(40)42)26-36(34)43)44(28-32-17-11-7-12-18-32)38(47)19-13-5-3-4-8-14-31-15-9-6-10-16-31/h6,9-10,15-16,20,23,32,34-36,41H,3-5,7-8,11-14,17-19,21-22,24-28H2,1-2H3/t34-,35-,36+,41-,42-/m0/s1. The number of Topliss-reactive ketones (excluding diaryl/α,β-unsaturated/α-hetero) is 1. The van der Waals surface area contributed by atoms with Crippen LogP contribution >= 0.6 is 0 Å². The molecule has 2 aromatic rings. The molecule has 2 aliphatic heterocycles. The number of nitrogens with zero attached hydrogens (tertiary/aromatic N) is 2. The third-order valence-electron chi connectivity index (χ3n) is 12.7. The topological polar surface area (TPSA) is 76.2 Å². The summed E-state index contributed by atoms with van der Waals surface area (Å²) in [6.07, 6.45) is 17.0. The van der Waals surface area contributed by atoms with Gasteiger partial charge in [-0.05, 0) is 100 Å². The predicted molar refractivity (Wildman–Crippen MR) is 191 cm³/mol. The van der Waals surface area contributed by atoms with E-state index in [-0.39, 0.29) is 41.3 Å². The number of amides is 1. The number of esters is 1. The van der Waals surface area contributed by atoms with Crippen LogP contribution in [0, 0.1) is 11.8 Å². The van der Waals surface area contributed by atoms with Crippen molar-refractivity contribution >= 4 is 17.7 Å². The largest absolute Gasteiger partial charge is 0.483 e. The van der Waals surface area contributed by atoms with E-state index in [1.54, 1.807) is 6.92 Å². The van der Waals surface area contributed by atoms with Gasteiger partial charge in [0.05, 0.1) is 12.6 Å². The molecular formula is C42H56N2O5. The molecule has 49 heavy (non-hydrogen) atoms. The molecule has 2 saturated carbocycles. The van der Waals surface area contributed by atoms with Crippen LogP contribution in [0.1, 0.15) is 120 Å². The molecule has 5 atom stereocenters. The number of ketones is 1. The molecule has 1 spiro atoms. The second-order valence-electron chi connectivity index (χ2n) is 15.8. The number of benzene rings is 2. The van der Waals surface area contributed by atoms with Gasteiger partial charge in [-0.25, -0.2) is 0 Å². The molecule has 0 unspecified atom stereocenters. The molecule has 2 bridgehead atoms. The summed E-state index contributed by atoms with van der Waals surface area (Å²) < 4.78 is 12.9. The van der Waals surface area contributed by atoms with Crippen molar-refractivity contribution in [2.45, 2.75) is 140 Å². The van der Waals surface area contributed by atoms with Crippen LogP contribution in [0.5, 0.6) is 11.5 Å². The number of ether oxygens (including phenoxy) is 2. The van der Waals surface area contributed by atoms with Crippen LogP contribution in [0.3, 0.4) is 0 Å². The molecule has 0 aromatic heterocycles. The van der Waals surface area contributed by atoms with E-state index in [2.05, 4.69) is 46.2 Å². The second-order valence-corrected chi connectivity index (χ2v) is 15.8. The Kier molecular flexibility index (Phi) is 10.5. The van der Waals surface area contributed by atoms with Gasteiger partial charge in [-0.2, -0.15) is 0 Å². The zero-order valence-electron chi connectivity index (χ0n) is 29.8. The number of aryl methyl sites for hydroxylation is 1. The summed E-state index contributed by atoms with van der Waals surface area (Å²) in [5.41, 5.74) is 3.64. The highest BCUT2D eigenvalue weighted by molar-refractivity contribution is 5.78. The molecule has 3 fully saturated rings. The zero-order chi connectivity index (χ0) is 34.0. The Labute approximate surface area is 293 Å². The van der Waals surface area contributed by atoms with E-state index >= 15 is 0 Å². The van der Waals surface area contributed by atoms with Gasteiger partial charge in [-0.15, -0.1) is 0 Å². The molecule has 7 heteroatoms. The smallest absolute Gasteiger partial charge is 0.308 e. The lowest BCUT2D eigenvalue weighted by atomic mass is 9.51. The van der Waals surface area contributed by atoms with Gasteiger partial charge < -0.3 is 14.4 Å². The highest BCUT2D eigenvalue weighted by Crippen LogP contribution is 2.64. The fourth-order valence-corrected chi connectivity index (χ4v) is 10.6. The van der Waals surface area contributed by atoms with Crippen LogP contribution in [0.4, 0.5) is 0 Å². The summed E-state index contributed by atoms with van der Waals surface area (Å²) in [4.78, 5) is 43.7. The van der Waals surface area contributed by atoms with Crippen molar-refractivity contribution in [3.05, 3.63) is 59.2 Å². The van der Waals surface area contributed by atoms with E-state index in [0.29, 0.717) is 30.6 Å². The number of carbonyl (C=O) groups excluding carboxylic acids is 3. The van der Waals surface area contributed by atoms with Gasteiger partial charge in [0.25, 0.3) is 0 Å². The number of hydrogen-bond acceptors (Lipinski definition) is 6. The Morgan fingerprint density at radius 1 is 0.918 bits per heavy atom. The average Bonchev–Trinajstić information content (AvgIpc) is 3.45. The molecule has 2 aromatic carbocycles. The van der Waals surface area contributed by atoms with Crippen molar-refractivity contribution in [1.29, 1.82) is 0 Å². The maximum absolute atomic E-state index is 14.4. The monoisotopic (exact) mass is 668 g/mol. The summed E-state index contributed by atoms with van der Waals surface area (Å²) in [5, 5.41) is 0. The lowest BCUT2D eigenvalue weighted by Gasteiger charge is -2.60. The van der Waals surface area contributed by atoms with E-state index in [0.717, 1.165) is 70.2 Å². The van der Waals surface area contributed by atoms with Gasteiger partial charge >= 0.3 is 5.97 Å². The minimum absolute atomic E-state index is 0.0138. The summed E-state index contributed by atoms with van der Waals surface area (Å²) in [6, 6.07) is 15.0. The number of carbonyl (C=O) groups is 3. The first-order valence-electron chi connectivity index (χ1n) is 19.4. The Morgan fingerprint density at radius 2 is 1.69 bits per heavy atom. The Hall–Kier alpha value is -3.19. The number of rotatable bonds is 14. The first kappa shape index (κ1) is 34.3. The van der Waals surface area contributed by atoms with Crippen LogP contribution in [0.2, 0.25) is 0 Å². The van der Waals surface area contributed by atoms with E-state index in [9.17, 15) is 14.4 Å². The third-order valence-corrected chi connectivity index (χ3v) is 12.7. The minimum atomic E-state index is -0.348. The third kappa shape index (κ3) is 6.94. The fraction of sp³-hybridized carbons (Fsp3) is 0.643. The highest BCUT2D eigenvalue weighted by Gasteiger charge is 2.66. The van der Waals surface area contributed by atoms with Crippen molar-refractivity contribution in [1.82, 2.24) is 9.80 Å². The fourth-order valence-electron chi connectivity index (χ4n) is 10.6. The molecule has 2 heterocycles. The van der Waals surface area contributed by atoms with E-state index in [1.807, 2.05) is 6.07 Å². The van der Waals surface area contributed by atoms with Crippen LogP contribution in [-0.4, -0.2) is 65.3 Å². The molecule has 0 N–H and O–H groups in total. The molecule has 7 rings (SSSR count). The number of hydrogen-bond donors (Lipinski definition) is 0. The molecule has 1 amide bonds. The second kappa shape index (κ2) is 15.0. The van der Waals surface area contributed by atoms with E-state index in [4.69, 9.17) is 9.47 Å². The SMILES string of the molecule is CC(=O)CN1CC[C@]23c4c5ccc(OC(C)=O)c4O[C@H]2[C@@H](N(CC2CCCCC2)C(=O)CCCCCCCc2ccccc2)CC[C@H]3[C@H]1C5. The molecule has 7 nitrogen and oxygen atoms in total. The van der Waals surface area contributed by atoms with E-state index < -0.39 is 0 Å². The Bertz CT molecular complexity index is 1500. The van der Waals surface area contributed by atoms with Gasteiger partial charge in [0.1, 0.15) is 11.9 Å². The zero-order valence-corrected chi connectivity index (χ0v) is 29.8. The van der Waals surface area contributed by atoms with Crippen LogP contribution < -0.4 is 9.47 Å². The van der Waals surface area contributed by atoms with Gasteiger partial charge in [-0.3, -0.25) is 19.3 Å². The quantitative estimate of drug-likeness (QED) is 0.117. The van der Waals surface area contributed by atoms with Crippen LogP contribution in [0.15, 0.2) is 42.5 Å². The van der Waals surface area contributed by atoms with Crippen LogP contribution in [0.25, 0.3) is 0 Å². The summed E-state index contributed by atoms with van der Waals surface area (Å²) in [6.45, 7) is 5.29. The molecule has 264 valence electrons. The molecule has 1 saturated heterocycles. The van der Waals surface area contributed by atoms with Gasteiger partial charge in [0.15, 0.2) is 11.5 Å². The Morgan fingerprint density at radius 3 is 2.47 bits per heavy atom. The lowest BCUT2D eigenvalue weighted by molar-refractivity contribution is -0.145. The predicted octanol–water partition coefficient (Wildman–Crippen LogP) is 7.60. The lowest BCUT2D eigenvalue weighted by Crippen LogP contribution is -2.69. The van der Waals surface area contributed by atoms with Crippen molar-refractivity contribution in [3.8, 4) is 11.5 Å². The summed E-state index contributed by atoms with van der Waals surface area (Å²) >= 11 is 0. The van der Waals surface area contributed by atoms with Crippen molar-refractivity contribution in [2.24, 2.45) is 11.8 Å². The molecular weight excluding hydrogens is 612 g/mol. The molecule has 0 radical (unpaired) electrons. The maximum atomic E-state index is 14.4.